The third kappa shape index (κ3) is 3.82. The highest BCUT2D eigenvalue weighted by atomic mass is 32.2. The Morgan fingerprint density at radius 3 is 2.27 bits per heavy atom. The molecule has 5 heteroatoms. The van der Waals surface area contributed by atoms with Crippen molar-refractivity contribution in [1.29, 1.82) is 0 Å². The zero-order chi connectivity index (χ0) is 16.2. The van der Waals surface area contributed by atoms with Crippen LogP contribution in [0.1, 0.15) is 52.9 Å². The molecule has 1 saturated heterocycles. The lowest BCUT2D eigenvalue weighted by molar-refractivity contribution is 0.204. The minimum absolute atomic E-state index is 0.0641. The number of ether oxygens (including phenoxy) is 1. The summed E-state index contributed by atoms with van der Waals surface area (Å²) >= 11 is 0. The Morgan fingerprint density at radius 1 is 1.14 bits per heavy atom. The molecule has 1 aromatic rings. The van der Waals surface area contributed by atoms with Gasteiger partial charge in [-0.05, 0) is 57.4 Å². The summed E-state index contributed by atoms with van der Waals surface area (Å²) in [4.78, 5) is 0.357. The van der Waals surface area contributed by atoms with Crippen LogP contribution in [0.3, 0.4) is 0 Å². The van der Waals surface area contributed by atoms with Crippen molar-refractivity contribution in [3.63, 3.8) is 0 Å². The van der Waals surface area contributed by atoms with Gasteiger partial charge in [-0.1, -0.05) is 19.8 Å². The summed E-state index contributed by atoms with van der Waals surface area (Å²) in [5, 5.41) is 0. The normalized spacial score (nSPS) is 23.4. The van der Waals surface area contributed by atoms with E-state index in [1.165, 1.54) is 0 Å². The summed E-state index contributed by atoms with van der Waals surface area (Å²) in [7, 11) is -3.42. The third-order valence-electron chi connectivity index (χ3n) is 4.28. The first-order valence-corrected chi connectivity index (χ1v) is 9.67. The second kappa shape index (κ2) is 7.47. The lowest BCUT2D eigenvalue weighted by Gasteiger charge is -2.37. The smallest absolute Gasteiger partial charge is 0.243 e. The Morgan fingerprint density at radius 2 is 1.73 bits per heavy atom. The van der Waals surface area contributed by atoms with Crippen LogP contribution in [-0.2, 0) is 10.0 Å². The maximum Gasteiger partial charge on any atom is 0.243 e. The summed E-state index contributed by atoms with van der Waals surface area (Å²) in [5.41, 5.74) is 0. The molecule has 0 radical (unpaired) electrons. The van der Waals surface area contributed by atoms with Crippen molar-refractivity contribution >= 4 is 10.0 Å². The van der Waals surface area contributed by atoms with Crippen LogP contribution in [-0.4, -0.2) is 31.4 Å². The van der Waals surface area contributed by atoms with Crippen LogP contribution >= 0.6 is 0 Å². The highest BCUT2D eigenvalue weighted by Crippen LogP contribution is 2.30. The molecule has 1 aliphatic heterocycles. The Labute approximate surface area is 134 Å². The van der Waals surface area contributed by atoms with Gasteiger partial charge in [0.15, 0.2) is 0 Å². The van der Waals surface area contributed by atoms with Gasteiger partial charge in [-0.25, -0.2) is 8.42 Å². The minimum Gasteiger partial charge on any atom is -0.494 e. The van der Waals surface area contributed by atoms with Crippen LogP contribution < -0.4 is 4.74 Å². The number of hydrogen-bond acceptors (Lipinski definition) is 3. The third-order valence-corrected chi connectivity index (χ3v) is 6.42. The van der Waals surface area contributed by atoms with E-state index in [2.05, 4.69) is 6.92 Å². The molecule has 124 valence electrons. The lowest BCUT2D eigenvalue weighted by atomic mass is 10.0. The first-order valence-electron chi connectivity index (χ1n) is 8.23. The lowest BCUT2D eigenvalue weighted by Crippen LogP contribution is -2.47. The number of piperidine rings is 1. The van der Waals surface area contributed by atoms with Crippen molar-refractivity contribution in [2.75, 3.05) is 6.61 Å². The Hall–Kier alpha value is -1.07. The predicted octanol–water partition coefficient (Wildman–Crippen LogP) is 3.82. The van der Waals surface area contributed by atoms with Gasteiger partial charge in [-0.15, -0.1) is 0 Å². The van der Waals surface area contributed by atoms with Crippen molar-refractivity contribution in [2.45, 2.75) is 69.9 Å². The van der Waals surface area contributed by atoms with E-state index in [4.69, 9.17) is 4.74 Å². The fourth-order valence-corrected chi connectivity index (χ4v) is 4.92. The molecule has 0 aliphatic carbocycles. The van der Waals surface area contributed by atoms with E-state index in [1.807, 2.05) is 13.8 Å². The molecular weight excluding hydrogens is 298 g/mol. The fourth-order valence-electron chi connectivity index (χ4n) is 3.04. The molecule has 0 amide bonds. The SMILES string of the molecule is CCCCOc1ccc(S(=O)(=O)N2C(C)CCCC2C)cc1. The Balaban J connectivity index is 2.15. The van der Waals surface area contributed by atoms with Gasteiger partial charge in [0.05, 0.1) is 11.5 Å². The van der Waals surface area contributed by atoms with Gasteiger partial charge in [0, 0.05) is 12.1 Å². The van der Waals surface area contributed by atoms with Crippen LogP contribution in [0.15, 0.2) is 29.2 Å². The zero-order valence-electron chi connectivity index (χ0n) is 13.8. The zero-order valence-corrected chi connectivity index (χ0v) is 14.6. The van der Waals surface area contributed by atoms with Gasteiger partial charge in [-0.2, -0.15) is 4.31 Å². The molecule has 1 heterocycles. The second-order valence-electron chi connectivity index (χ2n) is 6.14. The van der Waals surface area contributed by atoms with Gasteiger partial charge >= 0.3 is 0 Å². The summed E-state index contributed by atoms with van der Waals surface area (Å²) < 4.78 is 33.0. The number of unbranched alkanes of at least 4 members (excludes halogenated alkanes) is 1. The number of sulfonamides is 1. The molecule has 0 spiro atoms. The molecule has 4 nitrogen and oxygen atoms in total. The van der Waals surface area contributed by atoms with E-state index in [9.17, 15) is 8.42 Å². The summed E-state index contributed by atoms with van der Waals surface area (Å²) in [6.07, 6.45) is 5.04. The predicted molar refractivity (Wildman–Crippen MR) is 88.6 cm³/mol. The van der Waals surface area contributed by atoms with Crippen molar-refractivity contribution < 1.29 is 13.2 Å². The van der Waals surface area contributed by atoms with Gasteiger partial charge in [-0.3, -0.25) is 0 Å². The average molecular weight is 325 g/mol. The molecule has 0 aromatic heterocycles. The van der Waals surface area contributed by atoms with E-state index in [1.54, 1.807) is 28.6 Å². The molecule has 1 aromatic carbocycles. The second-order valence-corrected chi connectivity index (χ2v) is 7.98. The molecule has 2 rings (SSSR count). The molecule has 1 fully saturated rings. The maximum absolute atomic E-state index is 12.9. The van der Waals surface area contributed by atoms with Gasteiger partial charge in [0.1, 0.15) is 5.75 Å². The number of nitrogens with zero attached hydrogens (tertiary/aromatic N) is 1. The summed E-state index contributed by atoms with van der Waals surface area (Å²) in [5.74, 6) is 0.729. The standard InChI is InChI=1S/C17H27NO3S/c1-4-5-13-21-16-9-11-17(12-10-16)22(19,20)18-14(2)7-6-8-15(18)3/h9-12,14-15H,4-8,13H2,1-3H3. The number of rotatable bonds is 6. The van der Waals surface area contributed by atoms with E-state index in [0.717, 1.165) is 37.9 Å². The highest BCUT2D eigenvalue weighted by molar-refractivity contribution is 7.89. The van der Waals surface area contributed by atoms with E-state index in [-0.39, 0.29) is 12.1 Å². The molecule has 1 aliphatic rings. The maximum atomic E-state index is 12.9. The summed E-state index contributed by atoms with van der Waals surface area (Å²) in [6, 6.07) is 6.95. The molecular formula is C17H27NO3S. The highest BCUT2D eigenvalue weighted by Gasteiger charge is 2.35. The van der Waals surface area contributed by atoms with Crippen molar-refractivity contribution in [2.24, 2.45) is 0 Å². The molecule has 0 N–H and O–H groups in total. The fraction of sp³-hybridized carbons (Fsp3) is 0.647. The minimum atomic E-state index is -3.42. The molecule has 22 heavy (non-hydrogen) atoms. The van der Waals surface area contributed by atoms with E-state index >= 15 is 0 Å². The largest absolute Gasteiger partial charge is 0.494 e. The monoisotopic (exact) mass is 325 g/mol. The number of hydrogen-bond donors (Lipinski definition) is 0. The molecule has 2 unspecified atom stereocenters. The van der Waals surface area contributed by atoms with Crippen LogP contribution in [0.5, 0.6) is 5.75 Å². The van der Waals surface area contributed by atoms with E-state index in [0.29, 0.717) is 11.5 Å². The van der Waals surface area contributed by atoms with Gasteiger partial charge < -0.3 is 4.74 Å². The van der Waals surface area contributed by atoms with Crippen molar-refractivity contribution in [3.8, 4) is 5.75 Å². The molecule has 2 atom stereocenters. The van der Waals surface area contributed by atoms with Crippen LogP contribution in [0.25, 0.3) is 0 Å². The molecule has 0 bridgehead atoms. The van der Waals surface area contributed by atoms with E-state index < -0.39 is 10.0 Å². The summed E-state index contributed by atoms with van der Waals surface area (Å²) in [6.45, 7) is 6.77. The Kier molecular flexibility index (Phi) is 5.87. The number of benzene rings is 1. The van der Waals surface area contributed by atoms with Gasteiger partial charge in [0.2, 0.25) is 10.0 Å². The van der Waals surface area contributed by atoms with Crippen molar-refractivity contribution in [3.05, 3.63) is 24.3 Å². The van der Waals surface area contributed by atoms with Crippen molar-refractivity contribution in [1.82, 2.24) is 4.31 Å². The first kappa shape index (κ1) is 17.3. The van der Waals surface area contributed by atoms with Crippen LogP contribution in [0, 0.1) is 0 Å². The van der Waals surface area contributed by atoms with Gasteiger partial charge in [0.25, 0.3) is 0 Å². The van der Waals surface area contributed by atoms with Crippen LogP contribution in [0.2, 0.25) is 0 Å². The molecule has 0 saturated carbocycles. The Bertz CT molecular complexity index is 558. The first-order chi connectivity index (χ1) is 10.5. The quantitative estimate of drug-likeness (QED) is 0.747. The topological polar surface area (TPSA) is 46.6 Å². The van der Waals surface area contributed by atoms with Crippen LogP contribution in [0.4, 0.5) is 0 Å². The average Bonchev–Trinajstić information content (AvgIpc) is 2.47.